The Balaban J connectivity index is 1.05. The van der Waals surface area contributed by atoms with Crippen molar-refractivity contribution in [2.75, 3.05) is 0 Å². The highest BCUT2D eigenvalue weighted by molar-refractivity contribution is 6.32. The number of hydrogen-bond acceptors (Lipinski definition) is 1. The highest BCUT2D eigenvalue weighted by Crippen LogP contribution is 2.58. The summed E-state index contributed by atoms with van der Waals surface area (Å²) in [4.78, 5) is 0. The number of aryl methyl sites for hydroxylation is 1. The Labute approximate surface area is 379 Å². The van der Waals surface area contributed by atoms with Crippen molar-refractivity contribution in [3.05, 3.63) is 206 Å². The average Bonchev–Trinajstić information content (AvgIpc) is 4.02. The fourth-order valence-corrected chi connectivity index (χ4v) is 12.7. The third kappa shape index (κ3) is 4.31. The molecule has 0 bridgehead atoms. The van der Waals surface area contributed by atoms with Crippen LogP contribution in [0.2, 0.25) is 0 Å². The SMILES string of the molecule is Cc1ccccc1-c1c2c(cc3c1ccc1c4cc5c(c(-c6cccc7c6oc6c7ccc7ccc8ccccc8c76)c4ccc31)-c1cccc3cccc-5c13)-c1cccc3cccc-2c13. The van der Waals surface area contributed by atoms with Crippen LogP contribution in [0.25, 0.3) is 164 Å². The van der Waals surface area contributed by atoms with Gasteiger partial charge in [0.25, 0.3) is 0 Å². The molecule has 2 aliphatic rings. The van der Waals surface area contributed by atoms with Crippen molar-refractivity contribution >= 4 is 97.3 Å². The Morgan fingerprint density at radius 3 is 1.35 bits per heavy atom. The van der Waals surface area contributed by atoms with E-state index in [1.54, 1.807) is 0 Å². The van der Waals surface area contributed by atoms with Gasteiger partial charge in [-0.15, -0.1) is 0 Å². The summed E-state index contributed by atoms with van der Waals surface area (Å²) in [6.45, 7) is 2.26. The van der Waals surface area contributed by atoms with Gasteiger partial charge in [0.2, 0.25) is 0 Å². The van der Waals surface area contributed by atoms with Gasteiger partial charge < -0.3 is 4.42 Å². The lowest BCUT2D eigenvalue weighted by molar-refractivity contribution is 0.674. The van der Waals surface area contributed by atoms with Crippen molar-refractivity contribution in [3.8, 4) is 66.8 Å². The predicted octanol–water partition coefficient (Wildman–Crippen LogP) is 18.6. The third-order valence-electron chi connectivity index (χ3n) is 15.4. The van der Waals surface area contributed by atoms with Gasteiger partial charge in [-0.3, -0.25) is 0 Å². The van der Waals surface area contributed by atoms with E-state index in [1.807, 2.05) is 0 Å². The molecular weight excluding hydrogens is 797 g/mol. The minimum atomic E-state index is 0.927. The molecule has 0 spiro atoms. The molecule has 0 aliphatic heterocycles. The summed E-state index contributed by atoms with van der Waals surface area (Å²) >= 11 is 0. The van der Waals surface area contributed by atoms with E-state index in [0.29, 0.717) is 0 Å². The van der Waals surface area contributed by atoms with Crippen LogP contribution < -0.4 is 0 Å². The fraction of sp³-hybridized carbons (Fsp3) is 0.0154. The summed E-state index contributed by atoms with van der Waals surface area (Å²) < 4.78 is 7.32. The summed E-state index contributed by atoms with van der Waals surface area (Å²) in [6, 6.07) is 75.2. The monoisotopic (exact) mass is 832 g/mol. The number of benzene rings is 13. The van der Waals surface area contributed by atoms with E-state index in [-0.39, 0.29) is 0 Å². The normalized spacial score (nSPS) is 12.6. The Kier molecular flexibility index (Phi) is 6.55. The van der Waals surface area contributed by atoms with Crippen LogP contribution >= 0.6 is 0 Å². The van der Waals surface area contributed by atoms with Crippen molar-refractivity contribution < 1.29 is 4.42 Å². The molecule has 16 rings (SSSR count). The smallest absolute Gasteiger partial charge is 0.143 e. The average molecular weight is 833 g/mol. The fourth-order valence-electron chi connectivity index (χ4n) is 12.7. The second-order valence-electron chi connectivity index (χ2n) is 18.6. The summed E-state index contributed by atoms with van der Waals surface area (Å²) in [5.41, 5.74) is 18.5. The van der Waals surface area contributed by atoms with Gasteiger partial charge in [-0.05, 0) is 156 Å². The number of rotatable bonds is 2. The van der Waals surface area contributed by atoms with Gasteiger partial charge in [0.15, 0.2) is 0 Å². The van der Waals surface area contributed by atoms with E-state index < -0.39 is 0 Å². The quantitative estimate of drug-likeness (QED) is 0.158. The molecule has 0 N–H and O–H groups in total. The van der Waals surface area contributed by atoms with Crippen LogP contribution in [-0.4, -0.2) is 0 Å². The summed E-state index contributed by atoms with van der Waals surface area (Å²) in [5, 5.41) is 19.8. The van der Waals surface area contributed by atoms with E-state index in [1.165, 1.54) is 142 Å². The van der Waals surface area contributed by atoms with Crippen molar-refractivity contribution in [3.63, 3.8) is 0 Å². The first-order chi connectivity index (χ1) is 32.7. The van der Waals surface area contributed by atoms with Gasteiger partial charge in [0, 0.05) is 27.3 Å². The standard InChI is InChI=1S/C65H36O/c1-35-11-2-4-17-40(35)60-46-31-29-43-42(53(46)33-55-44-19-6-13-37-15-8-22-50(57(37)44)62(55)60)30-32-47-54(43)34-56-45-20-7-14-38-16-9-23-51(58(38)45)63(56)61(47)52-24-10-21-48-49-28-27-39-26-25-36-12-3-5-18-41(36)59(39)65(49)66-64(48)52/h2-34H,1H3. The second-order valence-corrected chi connectivity index (χ2v) is 18.6. The maximum absolute atomic E-state index is 7.32. The molecule has 302 valence electrons. The van der Waals surface area contributed by atoms with E-state index in [0.717, 1.165) is 27.5 Å². The molecule has 1 nitrogen and oxygen atoms in total. The summed E-state index contributed by atoms with van der Waals surface area (Å²) in [7, 11) is 0. The van der Waals surface area contributed by atoms with Gasteiger partial charge >= 0.3 is 0 Å². The Bertz CT molecular complexity index is 4570. The molecule has 2 aliphatic carbocycles. The van der Waals surface area contributed by atoms with Gasteiger partial charge in [0.1, 0.15) is 11.2 Å². The van der Waals surface area contributed by atoms with Crippen molar-refractivity contribution in [1.29, 1.82) is 0 Å². The van der Waals surface area contributed by atoms with Gasteiger partial charge in [-0.1, -0.05) is 182 Å². The minimum Gasteiger partial charge on any atom is -0.455 e. The molecule has 0 fully saturated rings. The molecule has 0 amide bonds. The topological polar surface area (TPSA) is 13.1 Å². The van der Waals surface area contributed by atoms with E-state index in [2.05, 4.69) is 207 Å². The highest BCUT2D eigenvalue weighted by atomic mass is 16.3. The Morgan fingerprint density at radius 1 is 0.242 bits per heavy atom. The van der Waals surface area contributed by atoms with E-state index in [9.17, 15) is 0 Å². The molecule has 0 saturated carbocycles. The lowest BCUT2D eigenvalue weighted by atomic mass is 9.83. The molecule has 66 heavy (non-hydrogen) atoms. The van der Waals surface area contributed by atoms with Crippen LogP contribution in [-0.2, 0) is 0 Å². The second kappa shape index (κ2) is 12.4. The van der Waals surface area contributed by atoms with Crippen molar-refractivity contribution in [2.24, 2.45) is 0 Å². The van der Waals surface area contributed by atoms with E-state index >= 15 is 0 Å². The maximum Gasteiger partial charge on any atom is 0.143 e. The van der Waals surface area contributed by atoms with Gasteiger partial charge in [0.05, 0.1) is 0 Å². The number of para-hydroxylation sites is 1. The zero-order chi connectivity index (χ0) is 42.9. The van der Waals surface area contributed by atoms with Crippen LogP contribution in [0.1, 0.15) is 5.56 Å². The van der Waals surface area contributed by atoms with Crippen LogP contribution in [0.3, 0.4) is 0 Å². The third-order valence-corrected chi connectivity index (χ3v) is 15.4. The van der Waals surface area contributed by atoms with Crippen LogP contribution in [0.5, 0.6) is 0 Å². The largest absolute Gasteiger partial charge is 0.455 e. The van der Waals surface area contributed by atoms with Crippen LogP contribution in [0.15, 0.2) is 205 Å². The minimum absolute atomic E-state index is 0.927. The molecule has 0 atom stereocenters. The maximum atomic E-state index is 7.32. The molecule has 0 saturated heterocycles. The summed E-state index contributed by atoms with van der Waals surface area (Å²) in [6.07, 6.45) is 0. The van der Waals surface area contributed by atoms with Crippen LogP contribution in [0.4, 0.5) is 0 Å². The Morgan fingerprint density at radius 2 is 0.682 bits per heavy atom. The Hall–Kier alpha value is -8.52. The number of hydrogen-bond donors (Lipinski definition) is 0. The van der Waals surface area contributed by atoms with Crippen molar-refractivity contribution in [1.82, 2.24) is 0 Å². The number of fused-ring (bicyclic) bond motifs is 18. The first kappa shape index (κ1) is 34.9. The van der Waals surface area contributed by atoms with Gasteiger partial charge in [-0.2, -0.15) is 0 Å². The zero-order valence-electron chi connectivity index (χ0n) is 36.0. The molecule has 14 aromatic rings. The predicted molar refractivity (Wildman–Crippen MR) is 281 cm³/mol. The molecule has 1 heteroatoms. The zero-order valence-corrected chi connectivity index (χ0v) is 36.0. The molecule has 13 aromatic carbocycles. The molecular formula is C65H36O. The lowest BCUT2D eigenvalue weighted by Gasteiger charge is -2.20. The first-order valence-electron chi connectivity index (χ1n) is 23.1. The van der Waals surface area contributed by atoms with Gasteiger partial charge in [-0.25, -0.2) is 0 Å². The molecule has 1 aromatic heterocycles. The van der Waals surface area contributed by atoms with Crippen LogP contribution in [0, 0.1) is 6.92 Å². The van der Waals surface area contributed by atoms with E-state index in [4.69, 9.17) is 4.42 Å². The summed E-state index contributed by atoms with van der Waals surface area (Å²) in [5.74, 6) is 0. The molecule has 0 unspecified atom stereocenters. The van der Waals surface area contributed by atoms with Crippen molar-refractivity contribution in [2.45, 2.75) is 6.92 Å². The first-order valence-corrected chi connectivity index (χ1v) is 23.1. The molecule has 1 heterocycles. The number of furan rings is 1. The lowest BCUT2D eigenvalue weighted by Crippen LogP contribution is -1.93. The molecule has 0 radical (unpaired) electrons. The highest BCUT2D eigenvalue weighted by Gasteiger charge is 2.31.